The number of nitrogens with zero attached hydrogens (tertiary/aromatic N) is 4. The van der Waals surface area contributed by atoms with Crippen molar-refractivity contribution >= 4 is 43.5 Å². The summed E-state index contributed by atoms with van der Waals surface area (Å²) < 4.78 is 30.6. The van der Waals surface area contributed by atoms with E-state index < -0.39 is 34.0 Å². The predicted molar refractivity (Wildman–Crippen MR) is 130 cm³/mol. The quantitative estimate of drug-likeness (QED) is 0.274. The predicted octanol–water partition coefficient (Wildman–Crippen LogP) is 1.49. The zero-order valence-electron chi connectivity index (χ0n) is 18.9. The van der Waals surface area contributed by atoms with E-state index in [1.165, 1.54) is 11.6 Å². The van der Waals surface area contributed by atoms with Gasteiger partial charge in [-0.3, -0.25) is 9.59 Å². The lowest BCUT2D eigenvalue weighted by Gasteiger charge is -2.18. The van der Waals surface area contributed by atoms with Gasteiger partial charge in [-0.15, -0.1) is 16.4 Å². The molecule has 2 aromatic carbocycles. The number of hydrogen-bond donors (Lipinski definition) is 3. The zero-order chi connectivity index (χ0) is 25.9. The summed E-state index contributed by atoms with van der Waals surface area (Å²) in [4.78, 5) is 28.1. The van der Waals surface area contributed by atoms with Crippen LogP contribution in [0, 0.1) is 0 Å². The molecule has 1 unspecified atom stereocenters. The number of fused-ring (bicyclic) bond motifs is 1. The van der Waals surface area contributed by atoms with Crippen LogP contribution in [-0.2, 0) is 32.6 Å². The van der Waals surface area contributed by atoms with Crippen molar-refractivity contribution in [3.8, 4) is 5.75 Å². The largest absolute Gasteiger partial charge is 0.487 e. The normalized spacial score (nSPS) is 13.3. The number of carbonyl (C=O) groups excluding carboxylic acids is 1. The van der Waals surface area contributed by atoms with E-state index in [0.717, 1.165) is 16.9 Å². The van der Waals surface area contributed by atoms with Crippen LogP contribution in [0.15, 0.2) is 59.1 Å². The van der Waals surface area contributed by atoms with Crippen molar-refractivity contribution in [2.24, 2.45) is 5.14 Å². The molecule has 0 aliphatic carbocycles. The van der Waals surface area contributed by atoms with Crippen molar-refractivity contribution in [3.63, 3.8) is 0 Å². The fourth-order valence-electron chi connectivity index (χ4n) is 3.30. The van der Waals surface area contributed by atoms with Gasteiger partial charge in [0.2, 0.25) is 10.2 Å². The number of thiazole rings is 1. The lowest BCUT2D eigenvalue weighted by atomic mass is 10.1. The number of rotatable bonds is 10. The number of amides is 1. The molecular formula is C22H22N6O6S2. The minimum atomic E-state index is -3.90. The fourth-order valence-corrected chi connectivity index (χ4v) is 4.98. The van der Waals surface area contributed by atoms with Gasteiger partial charge in [0.25, 0.3) is 10.0 Å². The third-order valence-electron chi connectivity index (χ3n) is 5.15. The lowest BCUT2D eigenvalue weighted by Crippen LogP contribution is -2.43. The molecule has 2 aromatic heterocycles. The Morgan fingerprint density at radius 1 is 1.22 bits per heavy atom. The van der Waals surface area contributed by atoms with Crippen LogP contribution in [0.2, 0.25) is 0 Å². The Kier molecular flexibility index (Phi) is 7.28. The van der Waals surface area contributed by atoms with E-state index in [4.69, 9.17) is 15.0 Å². The Bertz CT molecular complexity index is 1500. The Hall–Kier alpha value is -3.88. The number of aromatic nitrogens is 4. The summed E-state index contributed by atoms with van der Waals surface area (Å²) in [6.07, 6.45) is 1.83. The maximum Gasteiger partial charge on any atom is 0.325 e. The number of benzene rings is 2. The molecule has 12 nitrogen and oxygen atoms in total. The summed E-state index contributed by atoms with van der Waals surface area (Å²) in [6, 6.07) is 12.3. The minimum absolute atomic E-state index is 0.0254. The SMILES string of the molecule is CC(NC(=O)[C@H](Cc1ccccc1)n1cc(COc2ccc3nc(S(N)(=O)=O)sc3c2)nn1)C(=O)O. The Morgan fingerprint density at radius 2 is 1.97 bits per heavy atom. The highest BCUT2D eigenvalue weighted by atomic mass is 32.2. The third-order valence-corrected chi connectivity index (χ3v) is 7.49. The number of primary sulfonamides is 1. The first-order valence-electron chi connectivity index (χ1n) is 10.6. The number of carboxylic acid groups (broad SMARTS) is 1. The molecule has 0 radical (unpaired) electrons. The number of sulfonamides is 1. The van der Waals surface area contributed by atoms with Gasteiger partial charge in [0, 0.05) is 6.42 Å². The van der Waals surface area contributed by atoms with Crippen LogP contribution >= 0.6 is 11.3 Å². The van der Waals surface area contributed by atoms with Crippen LogP contribution in [-0.4, -0.2) is 51.4 Å². The van der Waals surface area contributed by atoms with Gasteiger partial charge < -0.3 is 15.2 Å². The molecule has 14 heteroatoms. The zero-order valence-corrected chi connectivity index (χ0v) is 20.6. The molecule has 36 heavy (non-hydrogen) atoms. The van der Waals surface area contributed by atoms with Crippen LogP contribution in [0.25, 0.3) is 10.2 Å². The molecular weight excluding hydrogens is 508 g/mol. The molecule has 4 rings (SSSR count). The van der Waals surface area contributed by atoms with E-state index in [1.807, 2.05) is 30.3 Å². The van der Waals surface area contributed by atoms with Crippen molar-refractivity contribution in [1.29, 1.82) is 0 Å². The second kappa shape index (κ2) is 10.4. The second-order valence-corrected chi connectivity index (χ2v) is 10.7. The Morgan fingerprint density at radius 3 is 2.67 bits per heavy atom. The highest BCUT2D eigenvalue weighted by Crippen LogP contribution is 2.28. The molecule has 1 amide bonds. The third kappa shape index (κ3) is 6.02. The lowest BCUT2D eigenvalue weighted by molar-refractivity contribution is -0.141. The summed E-state index contributed by atoms with van der Waals surface area (Å²) in [5.74, 6) is -1.20. The maximum absolute atomic E-state index is 12.9. The first kappa shape index (κ1) is 25.2. The van der Waals surface area contributed by atoms with Crippen molar-refractivity contribution in [3.05, 3.63) is 66.0 Å². The molecule has 0 fully saturated rings. The van der Waals surface area contributed by atoms with E-state index in [-0.39, 0.29) is 17.4 Å². The first-order valence-corrected chi connectivity index (χ1v) is 13.0. The molecule has 4 N–H and O–H groups in total. The summed E-state index contributed by atoms with van der Waals surface area (Å²) >= 11 is 0.937. The van der Waals surface area contributed by atoms with Crippen molar-refractivity contribution < 1.29 is 27.9 Å². The van der Waals surface area contributed by atoms with E-state index >= 15 is 0 Å². The molecule has 4 aromatic rings. The summed E-state index contributed by atoms with van der Waals surface area (Å²) in [7, 11) is -3.90. The van der Waals surface area contributed by atoms with Gasteiger partial charge in [-0.25, -0.2) is 23.2 Å². The molecule has 0 saturated carbocycles. The maximum atomic E-state index is 12.9. The van der Waals surface area contributed by atoms with E-state index in [0.29, 0.717) is 21.7 Å². The minimum Gasteiger partial charge on any atom is -0.487 e. The molecule has 0 bridgehead atoms. The fraction of sp³-hybridized carbons (Fsp3) is 0.227. The van der Waals surface area contributed by atoms with E-state index in [1.54, 1.807) is 24.4 Å². The number of carboxylic acids is 1. The van der Waals surface area contributed by atoms with Gasteiger partial charge in [-0.1, -0.05) is 35.5 Å². The topological polar surface area (TPSA) is 179 Å². The van der Waals surface area contributed by atoms with Crippen LogP contribution < -0.4 is 15.2 Å². The number of nitrogens with two attached hydrogens (primary N) is 1. The molecule has 2 atom stereocenters. The van der Waals surface area contributed by atoms with Gasteiger partial charge in [0.05, 0.1) is 16.4 Å². The molecule has 0 saturated heterocycles. The van der Waals surface area contributed by atoms with Gasteiger partial charge in [-0.05, 0) is 30.7 Å². The molecule has 2 heterocycles. The van der Waals surface area contributed by atoms with Crippen molar-refractivity contribution in [2.75, 3.05) is 0 Å². The van der Waals surface area contributed by atoms with Crippen LogP contribution in [0.3, 0.4) is 0 Å². The number of hydrogen-bond acceptors (Lipinski definition) is 9. The molecule has 188 valence electrons. The van der Waals surface area contributed by atoms with Gasteiger partial charge >= 0.3 is 5.97 Å². The van der Waals surface area contributed by atoms with Crippen molar-refractivity contribution in [2.45, 2.75) is 36.4 Å². The number of carbonyl (C=O) groups is 2. The van der Waals surface area contributed by atoms with E-state index in [9.17, 15) is 18.0 Å². The van der Waals surface area contributed by atoms with Gasteiger partial charge in [-0.2, -0.15) is 0 Å². The highest BCUT2D eigenvalue weighted by molar-refractivity contribution is 7.91. The van der Waals surface area contributed by atoms with Gasteiger partial charge in [0.1, 0.15) is 30.1 Å². The smallest absolute Gasteiger partial charge is 0.325 e. The molecule has 0 aliphatic heterocycles. The number of aliphatic carboxylic acids is 1. The standard InChI is InChI=1S/C22H22N6O6S2/c1-13(21(30)31)24-20(29)18(9-14-5-3-2-4-6-14)28-11-15(26-27-28)12-34-16-7-8-17-19(10-16)35-22(25-17)36(23,32)33/h2-8,10-11,13,18H,9,12H2,1H3,(H,24,29)(H,30,31)(H2,23,32,33)/t13?,18-/m0/s1. The van der Waals surface area contributed by atoms with E-state index in [2.05, 4.69) is 20.6 Å². The van der Waals surface area contributed by atoms with Crippen LogP contribution in [0.4, 0.5) is 0 Å². The Balaban J connectivity index is 1.50. The average molecular weight is 531 g/mol. The van der Waals surface area contributed by atoms with Crippen LogP contribution in [0.5, 0.6) is 5.75 Å². The molecule has 0 spiro atoms. The summed E-state index contributed by atoms with van der Waals surface area (Å²) in [6.45, 7) is 1.41. The second-order valence-electron chi connectivity index (χ2n) is 7.91. The van der Waals surface area contributed by atoms with Crippen LogP contribution in [0.1, 0.15) is 24.2 Å². The summed E-state index contributed by atoms with van der Waals surface area (Å²) in [5, 5.41) is 24.9. The van der Waals surface area contributed by atoms with Gasteiger partial charge in [0.15, 0.2) is 0 Å². The van der Waals surface area contributed by atoms with Crippen molar-refractivity contribution in [1.82, 2.24) is 25.3 Å². The molecule has 0 aliphatic rings. The monoisotopic (exact) mass is 530 g/mol. The highest BCUT2D eigenvalue weighted by Gasteiger charge is 2.26. The summed E-state index contributed by atoms with van der Waals surface area (Å²) in [5.41, 5.74) is 1.78. The number of nitrogens with one attached hydrogen (secondary N) is 1. The average Bonchev–Trinajstić information content (AvgIpc) is 3.48. The number of ether oxygens (including phenoxy) is 1. The first-order chi connectivity index (χ1) is 17.1. The Labute approximate surface area is 209 Å².